The molecule has 29 heavy (non-hydrogen) atoms. The number of unbranched alkanes of at least 4 members (excludes halogenated alkanes) is 1. The van der Waals surface area contributed by atoms with E-state index in [9.17, 15) is 4.79 Å². The van der Waals surface area contributed by atoms with E-state index in [0.29, 0.717) is 24.7 Å². The molecule has 0 saturated carbocycles. The summed E-state index contributed by atoms with van der Waals surface area (Å²) in [6, 6.07) is 3.91. The van der Waals surface area contributed by atoms with Crippen LogP contribution in [0.1, 0.15) is 37.7 Å². The van der Waals surface area contributed by atoms with Gasteiger partial charge in [-0.3, -0.25) is 9.79 Å². The number of amides is 1. The highest BCUT2D eigenvalue weighted by Crippen LogP contribution is 2.23. The normalized spacial score (nSPS) is 19.9. The summed E-state index contributed by atoms with van der Waals surface area (Å²) in [5, 5.41) is 2.83. The van der Waals surface area contributed by atoms with Crippen LogP contribution >= 0.6 is 0 Å². The molecule has 0 spiro atoms. The molecular formula is C22H31N5O2. The van der Waals surface area contributed by atoms with Crippen molar-refractivity contribution in [2.45, 2.75) is 38.5 Å². The van der Waals surface area contributed by atoms with Crippen molar-refractivity contribution >= 4 is 17.9 Å². The second-order valence-corrected chi connectivity index (χ2v) is 7.91. The van der Waals surface area contributed by atoms with Crippen LogP contribution in [0.4, 0.5) is 5.82 Å². The number of anilines is 1. The molecule has 0 aliphatic carbocycles. The van der Waals surface area contributed by atoms with Crippen LogP contribution in [0.3, 0.4) is 0 Å². The van der Waals surface area contributed by atoms with Crippen molar-refractivity contribution in [1.29, 1.82) is 0 Å². The Kier molecular flexibility index (Phi) is 6.77. The van der Waals surface area contributed by atoms with E-state index in [2.05, 4.69) is 31.2 Å². The minimum Gasteiger partial charge on any atom is -0.478 e. The maximum absolute atomic E-state index is 11.5. The van der Waals surface area contributed by atoms with Gasteiger partial charge < -0.3 is 19.9 Å². The first-order valence-corrected chi connectivity index (χ1v) is 10.9. The third-order valence-corrected chi connectivity index (χ3v) is 5.82. The number of dihydropyridines is 1. The molecule has 4 heterocycles. The summed E-state index contributed by atoms with van der Waals surface area (Å²) in [4.78, 5) is 25.3. The van der Waals surface area contributed by atoms with Gasteiger partial charge in [-0.05, 0) is 56.5 Å². The molecule has 3 aliphatic heterocycles. The molecule has 4 rings (SSSR count). The number of hydrogen-bond donors (Lipinski definition) is 1. The zero-order valence-electron chi connectivity index (χ0n) is 17.1. The van der Waals surface area contributed by atoms with Gasteiger partial charge in [0, 0.05) is 57.0 Å². The number of carbonyl (C=O) groups is 1. The van der Waals surface area contributed by atoms with E-state index in [1.165, 1.54) is 18.7 Å². The summed E-state index contributed by atoms with van der Waals surface area (Å²) in [7, 11) is 0. The Labute approximate surface area is 172 Å². The fourth-order valence-electron chi connectivity index (χ4n) is 4.14. The summed E-state index contributed by atoms with van der Waals surface area (Å²) in [5.41, 5.74) is 2.53. The second-order valence-electron chi connectivity index (χ2n) is 7.91. The van der Waals surface area contributed by atoms with Gasteiger partial charge in [0.05, 0.1) is 6.61 Å². The van der Waals surface area contributed by atoms with E-state index in [1.54, 1.807) is 0 Å². The maximum Gasteiger partial charge on any atom is 0.225 e. The highest BCUT2D eigenvalue weighted by atomic mass is 16.5. The number of pyridine rings is 1. The van der Waals surface area contributed by atoms with Crippen LogP contribution in [0.15, 0.2) is 28.9 Å². The van der Waals surface area contributed by atoms with Crippen molar-refractivity contribution in [1.82, 2.24) is 14.8 Å². The topological polar surface area (TPSA) is 70.1 Å². The number of allylic oxidation sites excluding steroid dienone is 1. The molecule has 0 bridgehead atoms. The lowest BCUT2D eigenvalue weighted by atomic mass is 10.1. The molecule has 3 aliphatic rings. The Balaban J connectivity index is 1.15. The fourth-order valence-corrected chi connectivity index (χ4v) is 4.14. The molecule has 1 saturated heterocycles. The van der Waals surface area contributed by atoms with Gasteiger partial charge in [0.2, 0.25) is 11.8 Å². The third-order valence-electron chi connectivity index (χ3n) is 5.82. The van der Waals surface area contributed by atoms with Crippen LogP contribution in [0, 0.1) is 0 Å². The Morgan fingerprint density at radius 2 is 2.03 bits per heavy atom. The lowest BCUT2D eigenvalue weighted by Gasteiger charge is -2.27. The van der Waals surface area contributed by atoms with Gasteiger partial charge in [0.15, 0.2) is 0 Å². The van der Waals surface area contributed by atoms with Crippen LogP contribution < -0.4 is 10.1 Å². The van der Waals surface area contributed by atoms with E-state index in [0.717, 1.165) is 64.0 Å². The van der Waals surface area contributed by atoms with E-state index < -0.39 is 0 Å². The van der Waals surface area contributed by atoms with Crippen molar-refractivity contribution in [3.63, 3.8) is 0 Å². The number of aromatic nitrogens is 1. The molecule has 1 amide bonds. The van der Waals surface area contributed by atoms with E-state index in [-0.39, 0.29) is 5.91 Å². The number of nitrogens with one attached hydrogen (secondary N) is 1. The molecule has 7 heteroatoms. The van der Waals surface area contributed by atoms with Crippen LogP contribution in [-0.4, -0.2) is 72.8 Å². The zero-order valence-corrected chi connectivity index (χ0v) is 17.1. The number of rotatable bonds is 7. The molecule has 0 radical (unpaired) electrons. The number of carbonyl (C=O) groups excluding carboxylic acids is 1. The van der Waals surface area contributed by atoms with Crippen LogP contribution in [0.5, 0.6) is 5.88 Å². The summed E-state index contributed by atoms with van der Waals surface area (Å²) < 4.78 is 5.81. The number of nitrogens with zero attached hydrogens (tertiary/aromatic N) is 4. The number of aryl methyl sites for hydroxylation is 1. The number of fused-ring (bicyclic) bond motifs is 1. The molecule has 7 nitrogen and oxygen atoms in total. The SMILES string of the molecule is O=C1CCc2ccc(OCCCCN3CCCN(C4=CC=NCC4)CC3)nc2N1. The average Bonchev–Trinajstić information content (AvgIpc) is 2.99. The predicted molar refractivity (Wildman–Crippen MR) is 115 cm³/mol. The minimum atomic E-state index is 0.0334. The predicted octanol–water partition coefficient (Wildman–Crippen LogP) is 2.49. The molecule has 1 aromatic heterocycles. The Morgan fingerprint density at radius 3 is 2.93 bits per heavy atom. The van der Waals surface area contributed by atoms with E-state index >= 15 is 0 Å². The Morgan fingerprint density at radius 1 is 1.07 bits per heavy atom. The molecule has 0 atom stereocenters. The minimum absolute atomic E-state index is 0.0334. The highest BCUT2D eigenvalue weighted by molar-refractivity contribution is 5.92. The molecule has 0 aromatic carbocycles. The van der Waals surface area contributed by atoms with Crippen molar-refractivity contribution in [3.05, 3.63) is 29.5 Å². The Bertz CT molecular complexity index is 776. The van der Waals surface area contributed by atoms with Crippen molar-refractivity contribution in [2.24, 2.45) is 4.99 Å². The number of aliphatic imine (C=N–C) groups is 1. The third kappa shape index (κ3) is 5.56. The summed E-state index contributed by atoms with van der Waals surface area (Å²) >= 11 is 0. The average molecular weight is 398 g/mol. The lowest BCUT2D eigenvalue weighted by Crippen LogP contribution is -2.31. The molecule has 156 valence electrons. The second kappa shape index (κ2) is 9.87. The maximum atomic E-state index is 11.5. The molecule has 1 N–H and O–H groups in total. The quantitative estimate of drug-likeness (QED) is 0.716. The molecule has 1 aromatic rings. The first kappa shape index (κ1) is 19.9. The van der Waals surface area contributed by atoms with Gasteiger partial charge in [0.25, 0.3) is 0 Å². The molecule has 1 fully saturated rings. The fraction of sp³-hybridized carbons (Fsp3) is 0.591. The Hall–Kier alpha value is -2.41. The van der Waals surface area contributed by atoms with Crippen molar-refractivity contribution in [3.8, 4) is 5.88 Å². The summed E-state index contributed by atoms with van der Waals surface area (Å²) in [6.45, 7) is 7.27. The standard InChI is InChI=1S/C22H31N5O2/c28-20-6-4-18-5-7-21(25-22(18)24-20)29-17-2-1-12-26-13-3-14-27(16-15-26)19-8-10-23-11-9-19/h5,7-8,10H,1-4,6,9,11-17H2,(H,24,25,28). The van der Waals surface area contributed by atoms with E-state index in [4.69, 9.17) is 4.74 Å². The summed E-state index contributed by atoms with van der Waals surface area (Å²) in [5.74, 6) is 1.29. The van der Waals surface area contributed by atoms with Crippen molar-refractivity contribution < 1.29 is 9.53 Å². The zero-order chi connectivity index (χ0) is 19.9. The van der Waals surface area contributed by atoms with Gasteiger partial charge in [0.1, 0.15) is 5.82 Å². The van der Waals surface area contributed by atoms with Crippen LogP contribution in [0.2, 0.25) is 0 Å². The van der Waals surface area contributed by atoms with Gasteiger partial charge in [-0.2, -0.15) is 4.98 Å². The number of hydrogen-bond acceptors (Lipinski definition) is 6. The molecular weight excluding hydrogens is 366 g/mol. The number of ether oxygens (including phenoxy) is 1. The molecule has 0 unspecified atom stereocenters. The summed E-state index contributed by atoms with van der Waals surface area (Å²) in [6.07, 6.45) is 9.85. The van der Waals surface area contributed by atoms with Gasteiger partial charge in [-0.25, -0.2) is 0 Å². The van der Waals surface area contributed by atoms with Crippen LogP contribution in [-0.2, 0) is 11.2 Å². The monoisotopic (exact) mass is 397 g/mol. The largest absolute Gasteiger partial charge is 0.478 e. The first-order chi connectivity index (χ1) is 14.3. The smallest absolute Gasteiger partial charge is 0.225 e. The van der Waals surface area contributed by atoms with Gasteiger partial charge >= 0.3 is 0 Å². The highest BCUT2D eigenvalue weighted by Gasteiger charge is 2.18. The first-order valence-electron chi connectivity index (χ1n) is 10.9. The van der Waals surface area contributed by atoms with Gasteiger partial charge in [-0.1, -0.05) is 0 Å². The van der Waals surface area contributed by atoms with Crippen molar-refractivity contribution in [2.75, 3.05) is 51.2 Å². The van der Waals surface area contributed by atoms with Crippen LogP contribution in [0.25, 0.3) is 0 Å². The lowest BCUT2D eigenvalue weighted by molar-refractivity contribution is -0.116. The van der Waals surface area contributed by atoms with Gasteiger partial charge in [-0.15, -0.1) is 0 Å². The van der Waals surface area contributed by atoms with E-state index in [1.807, 2.05) is 18.3 Å².